The van der Waals surface area contributed by atoms with Crippen molar-refractivity contribution in [1.29, 1.82) is 0 Å². The van der Waals surface area contributed by atoms with Crippen LogP contribution in [0.25, 0.3) is 0 Å². The monoisotopic (exact) mass is 426 g/mol. The van der Waals surface area contributed by atoms with Crippen LogP contribution >= 0.6 is 23.2 Å². The number of hydrogen-bond acceptors (Lipinski definition) is 5. The average Bonchev–Trinajstić information content (AvgIpc) is 2.92. The van der Waals surface area contributed by atoms with Gasteiger partial charge in [-0.2, -0.15) is 0 Å². The van der Waals surface area contributed by atoms with E-state index in [0.29, 0.717) is 17.9 Å². The molecule has 1 saturated heterocycles. The first-order valence-electron chi connectivity index (χ1n) is 9.05. The molecule has 0 radical (unpaired) electrons. The number of esters is 1. The number of hydrogen-bond donors (Lipinski definition) is 1. The third-order valence-corrected chi connectivity index (χ3v) is 5.93. The molecule has 2 aliphatic rings. The van der Waals surface area contributed by atoms with Crippen LogP contribution in [0.5, 0.6) is 0 Å². The molecule has 28 heavy (non-hydrogen) atoms. The molecule has 0 aromatic heterocycles. The van der Waals surface area contributed by atoms with Crippen molar-refractivity contribution in [2.75, 3.05) is 18.5 Å². The van der Waals surface area contributed by atoms with Crippen molar-refractivity contribution >= 4 is 52.6 Å². The molecular weight excluding hydrogens is 407 g/mol. The lowest BCUT2D eigenvalue weighted by molar-refractivity contribution is -0.154. The number of benzene rings is 1. The molecular formula is C19H20Cl2N2O5. The Labute approximate surface area is 172 Å². The van der Waals surface area contributed by atoms with Crippen molar-refractivity contribution in [1.82, 2.24) is 4.90 Å². The zero-order valence-electron chi connectivity index (χ0n) is 15.3. The number of carbonyl (C=O) groups excluding carboxylic acids is 4. The standard InChI is InChI=1S/C19H20Cl2N2O5/c1-10-6-7-13(20)17(16(10)21)22-14(24)9-28-15(25)8-23-18(26)11-4-2-3-5-12(11)19(23)27/h6-7,11-12H,2-5,8-9H2,1H3,(H,22,24)/t11-,12-/m0/s1. The quantitative estimate of drug-likeness (QED) is 0.576. The van der Waals surface area contributed by atoms with Crippen molar-refractivity contribution in [2.24, 2.45) is 11.8 Å². The predicted octanol–water partition coefficient (Wildman–Crippen LogP) is 2.96. The SMILES string of the molecule is Cc1ccc(Cl)c(NC(=O)COC(=O)CN2C(=O)[C@H]3CCCC[C@@H]3C2=O)c1Cl. The Morgan fingerprint density at radius 1 is 1.14 bits per heavy atom. The molecule has 0 unspecified atom stereocenters. The van der Waals surface area contributed by atoms with Crippen molar-refractivity contribution in [3.05, 3.63) is 27.7 Å². The number of anilines is 1. The fraction of sp³-hybridized carbons (Fsp3) is 0.474. The summed E-state index contributed by atoms with van der Waals surface area (Å²) in [6.45, 7) is 0.697. The van der Waals surface area contributed by atoms with E-state index in [2.05, 4.69) is 5.32 Å². The van der Waals surface area contributed by atoms with Crippen LogP contribution in [0.2, 0.25) is 10.0 Å². The topological polar surface area (TPSA) is 92.8 Å². The Bertz CT molecular complexity index is 818. The van der Waals surface area contributed by atoms with E-state index in [-0.39, 0.29) is 34.4 Å². The maximum absolute atomic E-state index is 12.4. The van der Waals surface area contributed by atoms with Gasteiger partial charge in [-0.15, -0.1) is 0 Å². The molecule has 2 atom stereocenters. The van der Waals surface area contributed by atoms with Gasteiger partial charge in [0.2, 0.25) is 11.8 Å². The van der Waals surface area contributed by atoms with Gasteiger partial charge in [0.25, 0.3) is 5.91 Å². The van der Waals surface area contributed by atoms with Gasteiger partial charge >= 0.3 is 5.97 Å². The number of halogens is 2. The molecule has 1 saturated carbocycles. The Morgan fingerprint density at radius 2 is 1.75 bits per heavy atom. The average molecular weight is 427 g/mol. The summed E-state index contributed by atoms with van der Waals surface area (Å²) in [5, 5.41) is 3.05. The van der Waals surface area contributed by atoms with Gasteiger partial charge in [0.05, 0.1) is 27.6 Å². The van der Waals surface area contributed by atoms with Gasteiger partial charge in [-0.1, -0.05) is 42.1 Å². The summed E-state index contributed by atoms with van der Waals surface area (Å²) < 4.78 is 4.91. The van der Waals surface area contributed by atoms with Crippen LogP contribution in [0.3, 0.4) is 0 Å². The van der Waals surface area contributed by atoms with E-state index in [9.17, 15) is 19.2 Å². The molecule has 150 valence electrons. The number of carbonyl (C=O) groups is 4. The molecule has 1 aromatic carbocycles. The van der Waals surface area contributed by atoms with Crippen LogP contribution in [0.4, 0.5) is 5.69 Å². The van der Waals surface area contributed by atoms with Crippen LogP contribution in [0.15, 0.2) is 12.1 Å². The zero-order valence-corrected chi connectivity index (χ0v) is 16.8. The first kappa shape index (κ1) is 20.6. The molecule has 1 aromatic rings. The second kappa shape index (κ2) is 8.49. The number of imide groups is 1. The second-order valence-corrected chi connectivity index (χ2v) is 7.81. The lowest BCUT2D eigenvalue weighted by Gasteiger charge is -2.19. The largest absolute Gasteiger partial charge is 0.454 e. The molecule has 9 heteroatoms. The maximum Gasteiger partial charge on any atom is 0.326 e. The van der Waals surface area contributed by atoms with E-state index in [4.69, 9.17) is 27.9 Å². The number of aryl methyl sites for hydroxylation is 1. The highest BCUT2D eigenvalue weighted by molar-refractivity contribution is 6.40. The number of ether oxygens (including phenoxy) is 1. The lowest BCUT2D eigenvalue weighted by Crippen LogP contribution is -2.37. The molecule has 1 aliphatic heterocycles. The van der Waals surface area contributed by atoms with Crippen molar-refractivity contribution in [2.45, 2.75) is 32.6 Å². The van der Waals surface area contributed by atoms with E-state index >= 15 is 0 Å². The Kier molecular flexibility index (Phi) is 6.25. The number of nitrogens with zero attached hydrogens (tertiary/aromatic N) is 1. The molecule has 0 bridgehead atoms. The van der Waals surface area contributed by atoms with Gasteiger partial charge in [-0.3, -0.25) is 24.1 Å². The van der Waals surface area contributed by atoms with Gasteiger partial charge in [0.1, 0.15) is 6.54 Å². The number of rotatable bonds is 5. The van der Waals surface area contributed by atoms with E-state index < -0.39 is 25.0 Å². The number of nitrogens with one attached hydrogen (secondary N) is 1. The first-order valence-corrected chi connectivity index (χ1v) is 9.80. The lowest BCUT2D eigenvalue weighted by atomic mass is 9.81. The fourth-order valence-electron chi connectivity index (χ4n) is 3.65. The van der Waals surface area contributed by atoms with Gasteiger partial charge < -0.3 is 10.1 Å². The van der Waals surface area contributed by atoms with E-state index in [0.717, 1.165) is 23.3 Å². The third kappa shape index (κ3) is 4.15. The molecule has 3 amide bonds. The van der Waals surface area contributed by atoms with E-state index in [1.807, 2.05) is 0 Å². The Balaban J connectivity index is 1.53. The minimum absolute atomic E-state index is 0.235. The smallest absolute Gasteiger partial charge is 0.326 e. The number of fused-ring (bicyclic) bond motifs is 1. The molecule has 1 heterocycles. The summed E-state index contributed by atoms with van der Waals surface area (Å²) in [6.07, 6.45) is 3.15. The summed E-state index contributed by atoms with van der Waals surface area (Å²) >= 11 is 12.1. The maximum atomic E-state index is 12.4. The van der Waals surface area contributed by atoms with Crippen molar-refractivity contribution in [3.63, 3.8) is 0 Å². The van der Waals surface area contributed by atoms with Gasteiger partial charge in [0, 0.05) is 0 Å². The third-order valence-electron chi connectivity index (χ3n) is 5.13. The summed E-state index contributed by atoms with van der Waals surface area (Å²) in [7, 11) is 0. The predicted molar refractivity (Wildman–Crippen MR) is 103 cm³/mol. The summed E-state index contributed by atoms with van der Waals surface area (Å²) in [5.41, 5.74) is 0.962. The summed E-state index contributed by atoms with van der Waals surface area (Å²) in [5.74, 6) is -2.76. The molecule has 2 fully saturated rings. The molecule has 7 nitrogen and oxygen atoms in total. The second-order valence-electron chi connectivity index (χ2n) is 7.02. The minimum Gasteiger partial charge on any atom is -0.454 e. The van der Waals surface area contributed by atoms with Gasteiger partial charge in [-0.25, -0.2) is 0 Å². The van der Waals surface area contributed by atoms with Gasteiger partial charge in [-0.05, 0) is 31.4 Å². The molecule has 1 aliphatic carbocycles. The van der Waals surface area contributed by atoms with E-state index in [1.54, 1.807) is 19.1 Å². The normalized spacial score (nSPS) is 21.5. The number of amides is 3. The Morgan fingerprint density at radius 3 is 2.36 bits per heavy atom. The highest BCUT2D eigenvalue weighted by Gasteiger charge is 2.48. The van der Waals surface area contributed by atoms with Crippen molar-refractivity contribution in [3.8, 4) is 0 Å². The van der Waals surface area contributed by atoms with Crippen molar-refractivity contribution < 1.29 is 23.9 Å². The van der Waals surface area contributed by atoms with Crippen LogP contribution in [0, 0.1) is 18.8 Å². The minimum atomic E-state index is -0.822. The van der Waals surface area contributed by atoms with E-state index in [1.165, 1.54) is 0 Å². The summed E-state index contributed by atoms with van der Waals surface area (Å²) in [6, 6.07) is 3.30. The zero-order chi connectivity index (χ0) is 20.4. The molecule has 3 rings (SSSR count). The highest BCUT2D eigenvalue weighted by Crippen LogP contribution is 2.38. The highest BCUT2D eigenvalue weighted by atomic mass is 35.5. The van der Waals surface area contributed by atoms with Crippen LogP contribution < -0.4 is 5.32 Å². The molecule has 1 N–H and O–H groups in total. The number of likely N-dealkylation sites (tertiary alicyclic amines) is 1. The summed E-state index contributed by atoms with van der Waals surface area (Å²) in [4.78, 5) is 49.8. The van der Waals surface area contributed by atoms with Crippen LogP contribution in [-0.2, 0) is 23.9 Å². The first-order chi connectivity index (χ1) is 13.3. The van der Waals surface area contributed by atoms with Crippen LogP contribution in [0.1, 0.15) is 31.2 Å². The van der Waals surface area contributed by atoms with Crippen LogP contribution in [-0.4, -0.2) is 41.7 Å². The van der Waals surface area contributed by atoms with Gasteiger partial charge in [0.15, 0.2) is 6.61 Å². The fourth-order valence-corrected chi connectivity index (χ4v) is 4.12. The Hall–Kier alpha value is -2.12. The molecule has 0 spiro atoms.